The minimum absolute atomic E-state index is 0.0116. The van der Waals surface area contributed by atoms with Crippen molar-refractivity contribution < 1.29 is 4.92 Å². The summed E-state index contributed by atoms with van der Waals surface area (Å²) in [5.74, 6) is 0.208. The highest BCUT2D eigenvalue weighted by molar-refractivity contribution is 5.51. The van der Waals surface area contributed by atoms with Gasteiger partial charge in [-0.3, -0.25) is 10.1 Å². The van der Waals surface area contributed by atoms with Crippen LogP contribution in [0.2, 0.25) is 0 Å². The average molecular weight is 153 g/mol. The monoisotopic (exact) mass is 153 g/mol. The molecule has 0 unspecified atom stereocenters. The molecule has 0 saturated carbocycles. The Balaban J connectivity index is 3.27. The molecule has 0 bridgehead atoms. The van der Waals surface area contributed by atoms with Crippen LogP contribution in [0, 0.1) is 17.0 Å². The van der Waals surface area contributed by atoms with Crippen molar-refractivity contribution in [3.05, 3.63) is 27.9 Å². The van der Waals surface area contributed by atoms with E-state index >= 15 is 0 Å². The number of hydrogen-bond acceptors (Lipinski definition) is 4. The normalized spacial score (nSPS) is 9.55. The van der Waals surface area contributed by atoms with Crippen LogP contribution in [0.4, 0.5) is 11.5 Å². The fourth-order valence-corrected chi connectivity index (χ4v) is 0.739. The largest absolute Gasteiger partial charge is 0.383 e. The molecular formula is C6H7N3O2. The van der Waals surface area contributed by atoms with Gasteiger partial charge in [-0.1, -0.05) is 0 Å². The Labute approximate surface area is 63.0 Å². The van der Waals surface area contributed by atoms with Crippen LogP contribution >= 0.6 is 0 Å². The lowest BCUT2D eigenvalue weighted by Crippen LogP contribution is -1.98. The van der Waals surface area contributed by atoms with Crippen molar-refractivity contribution in [1.82, 2.24) is 4.98 Å². The number of hydrogen-bond donors (Lipinski definition) is 1. The third kappa shape index (κ3) is 1.26. The van der Waals surface area contributed by atoms with Gasteiger partial charge < -0.3 is 5.73 Å². The van der Waals surface area contributed by atoms with Crippen molar-refractivity contribution in [3.63, 3.8) is 0 Å². The zero-order chi connectivity index (χ0) is 8.43. The Kier molecular flexibility index (Phi) is 1.72. The van der Waals surface area contributed by atoms with E-state index in [2.05, 4.69) is 4.98 Å². The van der Waals surface area contributed by atoms with Crippen LogP contribution in [-0.4, -0.2) is 9.91 Å². The van der Waals surface area contributed by atoms with E-state index in [1.807, 2.05) is 0 Å². The van der Waals surface area contributed by atoms with Gasteiger partial charge >= 0.3 is 0 Å². The summed E-state index contributed by atoms with van der Waals surface area (Å²) < 4.78 is 0. The molecule has 1 rings (SSSR count). The molecule has 0 spiro atoms. The number of nitrogen functional groups attached to an aromatic ring is 1. The van der Waals surface area contributed by atoms with Crippen molar-refractivity contribution >= 4 is 11.5 Å². The maximum Gasteiger partial charge on any atom is 0.277 e. The van der Waals surface area contributed by atoms with E-state index in [0.717, 1.165) is 0 Å². The fourth-order valence-electron chi connectivity index (χ4n) is 0.739. The lowest BCUT2D eigenvalue weighted by molar-refractivity contribution is -0.385. The molecule has 5 nitrogen and oxygen atoms in total. The molecule has 0 saturated heterocycles. The second-order valence-electron chi connectivity index (χ2n) is 2.10. The Bertz CT molecular complexity index is 298. The smallest absolute Gasteiger partial charge is 0.277 e. The van der Waals surface area contributed by atoms with Gasteiger partial charge in [0.15, 0.2) is 0 Å². The molecule has 58 valence electrons. The van der Waals surface area contributed by atoms with Crippen molar-refractivity contribution in [2.45, 2.75) is 6.92 Å². The minimum Gasteiger partial charge on any atom is -0.383 e. The Hall–Kier alpha value is -1.65. The second kappa shape index (κ2) is 2.53. The highest BCUT2D eigenvalue weighted by Crippen LogP contribution is 2.19. The van der Waals surface area contributed by atoms with E-state index in [0.29, 0.717) is 5.56 Å². The molecule has 0 aromatic carbocycles. The van der Waals surface area contributed by atoms with E-state index in [-0.39, 0.29) is 11.5 Å². The topological polar surface area (TPSA) is 82.0 Å². The van der Waals surface area contributed by atoms with Gasteiger partial charge in [0.25, 0.3) is 5.69 Å². The predicted molar refractivity (Wildman–Crippen MR) is 40.0 cm³/mol. The summed E-state index contributed by atoms with van der Waals surface area (Å²) in [7, 11) is 0. The van der Waals surface area contributed by atoms with Crippen molar-refractivity contribution in [2.24, 2.45) is 0 Å². The molecule has 2 N–H and O–H groups in total. The van der Waals surface area contributed by atoms with E-state index in [9.17, 15) is 10.1 Å². The number of nitrogens with two attached hydrogens (primary N) is 1. The van der Waals surface area contributed by atoms with Crippen LogP contribution in [0.1, 0.15) is 5.56 Å². The minimum atomic E-state index is -0.479. The highest BCUT2D eigenvalue weighted by atomic mass is 16.6. The van der Waals surface area contributed by atoms with E-state index in [1.54, 1.807) is 6.92 Å². The lowest BCUT2D eigenvalue weighted by Gasteiger charge is -1.97. The highest BCUT2D eigenvalue weighted by Gasteiger charge is 2.11. The molecule has 0 radical (unpaired) electrons. The first-order valence-corrected chi connectivity index (χ1v) is 2.98. The van der Waals surface area contributed by atoms with Crippen LogP contribution in [0.3, 0.4) is 0 Å². The number of pyridine rings is 1. The summed E-state index contributed by atoms with van der Waals surface area (Å²) in [4.78, 5) is 13.5. The SMILES string of the molecule is Cc1c([N+](=O)[O-])ccnc1N. The summed E-state index contributed by atoms with van der Waals surface area (Å²) in [6.45, 7) is 1.57. The predicted octanol–water partition coefficient (Wildman–Crippen LogP) is 0.880. The van der Waals surface area contributed by atoms with Gasteiger partial charge in [0.2, 0.25) is 0 Å². The summed E-state index contributed by atoms with van der Waals surface area (Å²) in [6.07, 6.45) is 1.32. The molecule has 0 atom stereocenters. The van der Waals surface area contributed by atoms with Crippen LogP contribution in [-0.2, 0) is 0 Å². The van der Waals surface area contributed by atoms with Crippen molar-refractivity contribution in [1.29, 1.82) is 0 Å². The molecule has 1 heterocycles. The molecule has 5 heteroatoms. The number of nitro groups is 1. The van der Waals surface area contributed by atoms with Crippen LogP contribution in [0.25, 0.3) is 0 Å². The Morgan fingerprint density at radius 3 is 2.82 bits per heavy atom. The van der Waals surface area contributed by atoms with Gasteiger partial charge in [-0.25, -0.2) is 4.98 Å². The van der Waals surface area contributed by atoms with Gasteiger partial charge in [0.05, 0.1) is 10.5 Å². The van der Waals surface area contributed by atoms with Gasteiger partial charge in [-0.05, 0) is 6.92 Å². The molecular weight excluding hydrogens is 146 g/mol. The maximum absolute atomic E-state index is 10.3. The zero-order valence-electron chi connectivity index (χ0n) is 5.94. The molecule has 1 aromatic heterocycles. The average Bonchev–Trinajstić information content (AvgIpc) is 1.94. The number of nitrogens with zero attached hydrogens (tertiary/aromatic N) is 2. The third-order valence-electron chi connectivity index (χ3n) is 1.41. The molecule has 0 aliphatic carbocycles. The zero-order valence-corrected chi connectivity index (χ0v) is 5.94. The first-order valence-electron chi connectivity index (χ1n) is 2.98. The first kappa shape index (κ1) is 7.46. The number of anilines is 1. The molecule has 0 amide bonds. The Morgan fingerprint density at radius 1 is 1.73 bits per heavy atom. The van der Waals surface area contributed by atoms with Gasteiger partial charge in [0.1, 0.15) is 5.82 Å². The lowest BCUT2D eigenvalue weighted by atomic mass is 10.2. The molecule has 0 fully saturated rings. The number of rotatable bonds is 1. The summed E-state index contributed by atoms with van der Waals surface area (Å²) in [6, 6.07) is 1.33. The molecule has 1 aromatic rings. The number of aromatic nitrogens is 1. The second-order valence-corrected chi connectivity index (χ2v) is 2.10. The standard InChI is InChI=1S/C6H7N3O2/c1-4-5(9(10)11)2-3-8-6(4)7/h2-3H,1H3,(H2,7,8). The Morgan fingerprint density at radius 2 is 2.36 bits per heavy atom. The molecule has 0 aliphatic heterocycles. The van der Waals surface area contributed by atoms with E-state index in [1.165, 1.54) is 12.3 Å². The third-order valence-corrected chi connectivity index (χ3v) is 1.41. The molecule has 11 heavy (non-hydrogen) atoms. The van der Waals surface area contributed by atoms with Crippen molar-refractivity contribution in [2.75, 3.05) is 5.73 Å². The summed E-state index contributed by atoms with van der Waals surface area (Å²) in [5.41, 5.74) is 5.77. The van der Waals surface area contributed by atoms with Crippen LogP contribution in [0.15, 0.2) is 12.3 Å². The summed E-state index contributed by atoms with van der Waals surface area (Å²) >= 11 is 0. The van der Waals surface area contributed by atoms with Gasteiger partial charge in [-0.15, -0.1) is 0 Å². The van der Waals surface area contributed by atoms with Gasteiger partial charge in [-0.2, -0.15) is 0 Å². The van der Waals surface area contributed by atoms with Crippen LogP contribution < -0.4 is 5.73 Å². The molecule has 0 aliphatic rings. The van der Waals surface area contributed by atoms with Crippen molar-refractivity contribution in [3.8, 4) is 0 Å². The van der Waals surface area contributed by atoms with Crippen LogP contribution in [0.5, 0.6) is 0 Å². The first-order chi connectivity index (χ1) is 5.13. The summed E-state index contributed by atoms with van der Waals surface area (Å²) in [5, 5.41) is 10.3. The quantitative estimate of drug-likeness (QED) is 0.479. The maximum atomic E-state index is 10.3. The van der Waals surface area contributed by atoms with E-state index in [4.69, 9.17) is 5.73 Å². The van der Waals surface area contributed by atoms with E-state index < -0.39 is 4.92 Å². The fraction of sp³-hybridized carbons (Fsp3) is 0.167. The van der Waals surface area contributed by atoms with Gasteiger partial charge in [0, 0.05) is 12.3 Å².